The van der Waals surface area contributed by atoms with Crippen LogP contribution in [0.2, 0.25) is 0 Å². The second-order valence-electron chi connectivity index (χ2n) is 3.38. The lowest BCUT2D eigenvalue weighted by Crippen LogP contribution is -2.05. The number of alkyl halides is 1. The SMILES string of the molecule is Cc1cccc(C)c1-n1nnnc1CCl. The molecule has 2 rings (SSSR count). The molecule has 1 aromatic heterocycles. The van der Waals surface area contributed by atoms with Crippen molar-refractivity contribution in [2.75, 3.05) is 0 Å². The number of tetrazole rings is 1. The molecule has 0 spiro atoms. The first-order chi connectivity index (χ1) is 7.24. The number of benzene rings is 1. The average Bonchev–Trinajstić information content (AvgIpc) is 2.65. The molecular weight excluding hydrogens is 212 g/mol. The van der Waals surface area contributed by atoms with Crippen molar-refractivity contribution in [1.82, 2.24) is 20.2 Å². The number of hydrogen-bond acceptors (Lipinski definition) is 3. The summed E-state index contributed by atoms with van der Waals surface area (Å²) >= 11 is 5.76. The van der Waals surface area contributed by atoms with Gasteiger partial charge in [0.1, 0.15) is 0 Å². The fraction of sp³-hybridized carbons (Fsp3) is 0.300. The summed E-state index contributed by atoms with van der Waals surface area (Å²) < 4.78 is 1.69. The maximum atomic E-state index is 5.76. The van der Waals surface area contributed by atoms with Gasteiger partial charge in [0.25, 0.3) is 0 Å². The summed E-state index contributed by atoms with van der Waals surface area (Å²) in [5.41, 5.74) is 3.28. The van der Waals surface area contributed by atoms with Crippen molar-refractivity contribution in [3.05, 3.63) is 35.2 Å². The minimum absolute atomic E-state index is 0.306. The van der Waals surface area contributed by atoms with Crippen LogP contribution in [-0.2, 0) is 5.88 Å². The van der Waals surface area contributed by atoms with Crippen LogP contribution < -0.4 is 0 Å². The zero-order valence-electron chi connectivity index (χ0n) is 8.61. The number of nitrogens with zero attached hydrogens (tertiary/aromatic N) is 4. The first kappa shape index (κ1) is 10.1. The van der Waals surface area contributed by atoms with Gasteiger partial charge in [0.15, 0.2) is 5.82 Å². The first-order valence-electron chi connectivity index (χ1n) is 4.64. The van der Waals surface area contributed by atoms with E-state index in [9.17, 15) is 0 Å². The number of hydrogen-bond donors (Lipinski definition) is 0. The Hall–Kier alpha value is -1.42. The highest BCUT2D eigenvalue weighted by molar-refractivity contribution is 6.16. The van der Waals surface area contributed by atoms with E-state index in [1.54, 1.807) is 4.68 Å². The summed E-state index contributed by atoms with van der Waals surface area (Å²) in [6.45, 7) is 4.06. The Bertz CT molecular complexity index is 458. The Morgan fingerprint density at radius 1 is 1.27 bits per heavy atom. The molecule has 0 aliphatic carbocycles. The van der Waals surface area contributed by atoms with Crippen LogP contribution in [0.15, 0.2) is 18.2 Å². The van der Waals surface area contributed by atoms with Crippen LogP contribution in [0.3, 0.4) is 0 Å². The lowest BCUT2D eigenvalue weighted by atomic mass is 10.1. The molecule has 1 heterocycles. The molecule has 0 fully saturated rings. The summed E-state index contributed by atoms with van der Waals surface area (Å²) in [5, 5.41) is 11.4. The quantitative estimate of drug-likeness (QED) is 0.731. The zero-order valence-corrected chi connectivity index (χ0v) is 9.36. The Labute approximate surface area is 92.9 Å². The Morgan fingerprint density at radius 3 is 2.53 bits per heavy atom. The van der Waals surface area contributed by atoms with Crippen molar-refractivity contribution in [3.8, 4) is 5.69 Å². The lowest BCUT2D eigenvalue weighted by Gasteiger charge is -2.09. The number of para-hydroxylation sites is 1. The fourth-order valence-electron chi connectivity index (χ4n) is 1.60. The van der Waals surface area contributed by atoms with Crippen LogP contribution in [-0.4, -0.2) is 20.2 Å². The minimum atomic E-state index is 0.306. The molecule has 0 saturated heterocycles. The number of rotatable bonds is 2. The molecule has 0 unspecified atom stereocenters. The highest BCUT2D eigenvalue weighted by Gasteiger charge is 2.11. The van der Waals surface area contributed by atoms with E-state index < -0.39 is 0 Å². The van der Waals surface area contributed by atoms with Crippen molar-refractivity contribution in [1.29, 1.82) is 0 Å². The van der Waals surface area contributed by atoms with Gasteiger partial charge in [0.2, 0.25) is 0 Å². The molecule has 2 aromatic rings. The lowest BCUT2D eigenvalue weighted by molar-refractivity contribution is 0.768. The fourth-order valence-corrected chi connectivity index (χ4v) is 1.77. The Balaban J connectivity index is 2.63. The molecule has 0 bridgehead atoms. The predicted octanol–water partition coefficient (Wildman–Crippen LogP) is 2.02. The zero-order chi connectivity index (χ0) is 10.8. The third-order valence-corrected chi connectivity index (χ3v) is 2.54. The van der Waals surface area contributed by atoms with E-state index in [1.807, 2.05) is 32.0 Å². The van der Waals surface area contributed by atoms with E-state index in [0.717, 1.165) is 16.8 Å². The van der Waals surface area contributed by atoms with Crippen LogP contribution in [0.5, 0.6) is 0 Å². The summed E-state index contributed by atoms with van der Waals surface area (Å²) in [7, 11) is 0. The molecule has 0 aliphatic rings. The predicted molar refractivity (Wildman–Crippen MR) is 58.2 cm³/mol. The highest BCUT2D eigenvalue weighted by Crippen LogP contribution is 2.18. The van der Waals surface area contributed by atoms with E-state index in [2.05, 4.69) is 15.5 Å². The maximum Gasteiger partial charge on any atom is 0.171 e. The molecular formula is C10H11ClN4. The summed E-state index contributed by atoms with van der Waals surface area (Å²) in [4.78, 5) is 0. The van der Waals surface area contributed by atoms with Gasteiger partial charge in [-0.25, -0.2) is 0 Å². The van der Waals surface area contributed by atoms with Gasteiger partial charge >= 0.3 is 0 Å². The van der Waals surface area contributed by atoms with Gasteiger partial charge in [-0.05, 0) is 35.4 Å². The number of halogens is 1. The Morgan fingerprint density at radius 2 is 1.93 bits per heavy atom. The van der Waals surface area contributed by atoms with Crippen LogP contribution in [0, 0.1) is 13.8 Å². The van der Waals surface area contributed by atoms with E-state index in [1.165, 1.54) is 0 Å². The van der Waals surface area contributed by atoms with Crippen LogP contribution in [0.25, 0.3) is 5.69 Å². The topological polar surface area (TPSA) is 43.6 Å². The van der Waals surface area contributed by atoms with E-state index >= 15 is 0 Å². The smallest absolute Gasteiger partial charge is 0.171 e. The highest BCUT2D eigenvalue weighted by atomic mass is 35.5. The van der Waals surface area contributed by atoms with Gasteiger partial charge in [-0.3, -0.25) is 0 Å². The largest absolute Gasteiger partial charge is 0.196 e. The molecule has 0 N–H and O–H groups in total. The normalized spacial score (nSPS) is 10.6. The molecule has 78 valence electrons. The Kier molecular flexibility index (Phi) is 2.68. The molecule has 5 heteroatoms. The van der Waals surface area contributed by atoms with Crippen molar-refractivity contribution in [2.45, 2.75) is 19.7 Å². The maximum absolute atomic E-state index is 5.76. The van der Waals surface area contributed by atoms with E-state index in [-0.39, 0.29) is 0 Å². The van der Waals surface area contributed by atoms with Crippen LogP contribution in [0.1, 0.15) is 17.0 Å². The molecule has 0 amide bonds. The van der Waals surface area contributed by atoms with Crippen molar-refractivity contribution in [3.63, 3.8) is 0 Å². The summed E-state index contributed by atoms with van der Waals surface area (Å²) in [5.74, 6) is 0.967. The summed E-state index contributed by atoms with van der Waals surface area (Å²) in [6.07, 6.45) is 0. The van der Waals surface area contributed by atoms with Gasteiger partial charge in [-0.2, -0.15) is 4.68 Å². The van der Waals surface area contributed by atoms with Gasteiger partial charge in [-0.15, -0.1) is 16.7 Å². The van der Waals surface area contributed by atoms with Gasteiger partial charge in [0.05, 0.1) is 11.6 Å². The van der Waals surface area contributed by atoms with E-state index in [4.69, 9.17) is 11.6 Å². The minimum Gasteiger partial charge on any atom is -0.196 e. The molecule has 1 aromatic carbocycles. The van der Waals surface area contributed by atoms with Gasteiger partial charge in [0, 0.05) is 0 Å². The summed E-state index contributed by atoms with van der Waals surface area (Å²) in [6, 6.07) is 6.07. The number of aryl methyl sites for hydroxylation is 2. The molecule has 0 radical (unpaired) electrons. The molecule has 15 heavy (non-hydrogen) atoms. The van der Waals surface area contributed by atoms with Crippen LogP contribution >= 0.6 is 11.6 Å². The van der Waals surface area contributed by atoms with Crippen LogP contribution in [0.4, 0.5) is 0 Å². The van der Waals surface area contributed by atoms with Crippen molar-refractivity contribution < 1.29 is 0 Å². The number of aromatic nitrogens is 4. The van der Waals surface area contributed by atoms with E-state index in [0.29, 0.717) is 11.7 Å². The average molecular weight is 223 g/mol. The standard InChI is InChI=1S/C10H11ClN4/c1-7-4-3-5-8(2)10(7)15-9(6-11)12-13-14-15/h3-5H,6H2,1-2H3. The van der Waals surface area contributed by atoms with Gasteiger partial charge < -0.3 is 0 Å². The van der Waals surface area contributed by atoms with Gasteiger partial charge in [-0.1, -0.05) is 18.2 Å². The molecule has 0 aliphatic heterocycles. The monoisotopic (exact) mass is 222 g/mol. The first-order valence-corrected chi connectivity index (χ1v) is 5.17. The second-order valence-corrected chi connectivity index (χ2v) is 3.65. The van der Waals surface area contributed by atoms with Crippen molar-refractivity contribution >= 4 is 11.6 Å². The molecule has 0 atom stereocenters. The second kappa shape index (κ2) is 3.98. The molecule has 0 saturated carbocycles. The van der Waals surface area contributed by atoms with Crippen molar-refractivity contribution in [2.24, 2.45) is 0 Å². The molecule has 4 nitrogen and oxygen atoms in total. The third-order valence-electron chi connectivity index (χ3n) is 2.30. The third kappa shape index (κ3) is 1.72.